The normalized spacial score (nSPS) is 31.2. The maximum absolute atomic E-state index is 12.5. The van der Waals surface area contributed by atoms with Crippen LogP contribution < -0.4 is 0 Å². The molecule has 1 atom stereocenters. The van der Waals surface area contributed by atoms with E-state index < -0.39 is 27.3 Å². The van der Waals surface area contributed by atoms with Crippen molar-refractivity contribution in [1.29, 1.82) is 0 Å². The molecule has 0 aromatic rings. The largest absolute Gasteiger partial charge is 0.615 e. The molecule has 2 rings (SSSR count). The third-order valence-corrected chi connectivity index (χ3v) is 5.56. The summed E-state index contributed by atoms with van der Waals surface area (Å²) in [4.78, 5) is 0. The molecule has 0 aromatic carbocycles. The molecule has 2 nitrogen and oxygen atoms in total. The molecule has 12 heavy (non-hydrogen) atoms. The molecule has 70 valence electrons. The van der Waals surface area contributed by atoms with Crippen molar-refractivity contribution in [2.75, 3.05) is 13.3 Å². The molecule has 0 radical (unpaired) electrons. The summed E-state index contributed by atoms with van der Waals surface area (Å²) in [7, 11) is 0. The van der Waals surface area contributed by atoms with E-state index in [9.17, 15) is 8.94 Å². The summed E-state index contributed by atoms with van der Waals surface area (Å²) in [5.74, 6) is 0. The van der Waals surface area contributed by atoms with Gasteiger partial charge < -0.3 is 9.66 Å². The number of alkyl halides is 1. The van der Waals surface area contributed by atoms with E-state index in [4.69, 9.17) is 5.11 Å². The number of hydrogen-bond donors (Lipinski definition) is 1. The summed E-state index contributed by atoms with van der Waals surface area (Å²) >= 11 is -1.14. The third-order valence-electron chi connectivity index (χ3n) is 2.93. The lowest BCUT2D eigenvalue weighted by Crippen LogP contribution is -2.39. The van der Waals surface area contributed by atoms with E-state index in [0.29, 0.717) is 0 Å². The SMILES string of the molecule is [O-][S+](C1(CO)CC1)C1(CF)CC1. The second-order valence-corrected chi connectivity index (χ2v) is 6.20. The van der Waals surface area contributed by atoms with Gasteiger partial charge in [0, 0.05) is 25.7 Å². The van der Waals surface area contributed by atoms with E-state index in [1.165, 1.54) is 0 Å². The lowest BCUT2D eigenvalue weighted by molar-refractivity contribution is 0.281. The fourth-order valence-corrected chi connectivity index (χ4v) is 3.59. The minimum absolute atomic E-state index is 0.0403. The van der Waals surface area contributed by atoms with Gasteiger partial charge in [0.2, 0.25) is 0 Å². The highest BCUT2D eigenvalue weighted by atomic mass is 32.2. The molecule has 0 saturated heterocycles. The predicted molar refractivity (Wildman–Crippen MR) is 45.1 cm³/mol. The van der Waals surface area contributed by atoms with Gasteiger partial charge in [-0.05, 0) is 11.2 Å². The fraction of sp³-hybridized carbons (Fsp3) is 1.00. The lowest BCUT2D eigenvalue weighted by Gasteiger charge is -2.25. The van der Waals surface area contributed by atoms with E-state index in [1.807, 2.05) is 0 Å². The number of aliphatic hydroxyl groups excluding tert-OH is 1. The van der Waals surface area contributed by atoms with E-state index in [1.54, 1.807) is 0 Å². The number of halogens is 1. The van der Waals surface area contributed by atoms with Crippen LogP contribution >= 0.6 is 0 Å². The minimum Gasteiger partial charge on any atom is -0.615 e. The van der Waals surface area contributed by atoms with Crippen LogP contribution in [-0.4, -0.2) is 32.4 Å². The van der Waals surface area contributed by atoms with Crippen LogP contribution in [0.4, 0.5) is 4.39 Å². The molecule has 2 fully saturated rings. The smallest absolute Gasteiger partial charge is 0.154 e. The summed E-state index contributed by atoms with van der Waals surface area (Å²) in [5, 5.41) is 9.00. The van der Waals surface area contributed by atoms with Gasteiger partial charge in [-0.15, -0.1) is 0 Å². The summed E-state index contributed by atoms with van der Waals surface area (Å²) in [6.45, 7) is -0.525. The Morgan fingerprint density at radius 3 is 2.00 bits per heavy atom. The Bertz CT molecular complexity index is 169. The van der Waals surface area contributed by atoms with Gasteiger partial charge in [-0.1, -0.05) is 0 Å². The van der Waals surface area contributed by atoms with Crippen molar-refractivity contribution in [3.05, 3.63) is 0 Å². The van der Waals surface area contributed by atoms with Crippen LogP contribution in [0, 0.1) is 0 Å². The first-order valence-corrected chi connectivity index (χ1v) is 5.43. The number of aliphatic hydroxyl groups is 1. The Kier molecular flexibility index (Phi) is 1.90. The van der Waals surface area contributed by atoms with Crippen molar-refractivity contribution < 1.29 is 14.0 Å². The molecule has 0 bridgehead atoms. The highest BCUT2D eigenvalue weighted by Gasteiger charge is 2.66. The molecule has 4 heteroatoms. The van der Waals surface area contributed by atoms with Crippen molar-refractivity contribution in [2.45, 2.75) is 35.2 Å². The highest BCUT2D eigenvalue weighted by Crippen LogP contribution is 2.56. The van der Waals surface area contributed by atoms with Gasteiger partial charge in [-0.2, -0.15) is 0 Å². The highest BCUT2D eigenvalue weighted by molar-refractivity contribution is 7.94. The summed E-state index contributed by atoms with van der Waals surface area (Å²) < 4.78 is 23.3. The standard InChI is InChI=1S/C8H13FO2S/c9-5-7(1-2-7)12(11)8(6-10)3-4-8/h10H,1-6H2. The summed E-state index contributed by atoms with van der Waals surface area (Å²) in [6, 6.07) is 0. The minimum atomic E-state index is -1.14. The van der Waals surface area contributed by atoms with Gasteiger partial charge in [0.1, 0.15) is 11.4 Å². The molecule has 1 N–H and O–H groups in total. The molecule has 0 aliphatic heterocycles. The van der Waals surface area contributed by atoms with E-state index in [0.717, 1.165) is 25.7 Å². The van der Waals surface area contributed by atoms with Gasteiger partial charge in [-0.3, -0.25) is 0 Å². The summed E-state index contributed by atoms with van der Waals surface area (Å²) in [5.41, 5.74) is 0. The second-order valence-electron chi connectivity index (χ2n) is 3.93. The first kappa shape index (κ1) is 8.78. The van der Waals surface area contributed by atoms with Crippen molar-refractivity contribution in [2.24, 2.45) is 0 Å². The molecular formula is C8H13FO2S. The average Bonchev–Trinajstić information content (AvgIpc) is 3.00. The van der Waals surface area contributed by atoms with E-state index in [2.05, 4.69) is 0 Å². The molecule has 0 amide bonds. The van der Waals surface area contributed by atoms with Crippen LogP contribution in [0.15, 0.2) is 0 Å². The van der Waals surface area contributed by atoms with Crippen molar-refractivity contribution in [1.82, 2.24) is 0 Å². The first-order valence-electron chi connectivity index (χ1n) is 4.28. The van der Waals surface area contributed by atoms with Crippen molar-refractivity contribution in [3.8, 4) is 0 Å². The zero-order valence-corrected chi connectivity index (χ0v) is 7.70. The fourth-order valence-electron chi connectivity index (χ4n) is 1.51. The zero-order valence-electron chi connectivity index (χ0n) is 6.88. The Labute approximate surface area is 74.3 Å². The van der Waals surface area contributed by atoms with Crippen LogP contribution in [0.25, 0.3) is 0 Å². The predicted octanol–water partition coefficient (Wildman–Crippen LogP) is 0.762. The van der Waals surface area contributed by atoms with Gasteiger partial charge >= 0.3 is 0 Å². The van der Waals surface area contributed by atoms with Crippen LogP contribution in [0.3, 0.4) is 0 Å². The van der Waals surface area contributed by atoms with Crippen LogP contribution in [0.2, 0.25) is 0 Å². The number of hydrogen-bond acceptors (Lipinski definition) is 2. The van der Waals surface area contributed by atoms with Crippen molar-refractivity contribution in [3.63, 3.8) is 0 Å². The van der Waals surface area contributed by atoms with Gasteiger partial charge in [0.15, 0.2) is 4.75 Å². The molecule has 1 unspecified atom stereocenters. The topological polar surface area (TPSA) is 43.3 Å². The molecule has 2 saturated carbocycles. The van der Waals surface area contributed by atoms with Gasteiger partial charge in [0.25, 0.3) is 0 Å². The first-order chi connectivity index (χ1) is 5.69. The quantitative estimate of drug-likeness (QED) is 0.668. The molecule has 2 aliphatic rings. The molecule has 2 aliphatic carbocycles. The third kappa shape index (κ3) is 1.09. The van der Waals surface area contributed by atoms with Crippen LogP contribution in [0.1, 0.15) is 25.7 Å². The second kappa shape index (κ2) is 2.59. The average molecular weight is 192 g/mol. The maximum atomic E-state index is 12.5. The van der Waals surface area contributed by atoms with Gasteiger partial charge in [0.05, 0.1) is 6.61 Å². The zero-order chi connectivity index (χ0) is 8.82. The Morgan fingerprint density at radius 2 is 1.75 bits per heavy atom. The van der Waals surface area contributed by atoms with Crippen LogP contribution in [0.5, 0.6) is 0 Å². The van der Waals surface area contributed by atoms with Crippen molar-refractivity contribution >= 4 is 11.2 Å². The maximum Gasteiger partial charge on any atom is 0.154 e. The van der Waals surface area contributed by atoms with E-state index in [-0.39, 0.29) is 6.61 Å². The Hall–Kier alpha value is 0.200. The van der Waals surface area contributed by atoms with Crippen LogP contribution in [-0.2, 0) is 11.2 Å². The lowest BCUT2D eigenvalue weighted by atomic mass is 10.4. The van der Waals surface area contributed by atoms with E-state index >= 15 is 0 Å². The molecule has 0 aromatic heterocycles. The molecule has 0 spiro atoms. The number of rotatable bonds is 4. The van der Waals surface area contributed by atoms with Gasteiger partial charge in [-0.25, -0.2) is 4.39 Å². The Balaban J connectivity index is 2.04. The Morgan fingerprint density at radius 1 is 1.25 bits per heavy atom. The monoisotopic (exact) mass is 192 g/mol. The summed E-state index contributed by atoms with van der Waals surface area (Å²) in [6.07, 6.45) is 3.07. The molecular weight excluding hydrogens is 179 g/mol. The molecule has 0 heterocycles.